The van der Waals surface area contributed by atoms with Crippen LogP contribution < -0.4 is 0 Å². The second kappa shape index (κ2) is 8.34. The molecule has 0 aliphatic heterocycles. The second-order valence-corrected chi connectivity index (χ2v) is 6.31. The molecule has 0 amide bonds. The molecular formula is C17H13Cl3N4O. The van der Waals surface area contributed by atoms with Crippen molar-refractivity contribution in [3.05, 3.63) is 81.3 Å². The van der Waals surface area contributed by atoms with Crippen LogP contribution in [0.3, 0.4) is 0 Å². The van der Waals surface area contributed by atoms with Crippen LogP contribution in [-0.4, -0.2) is 20.5 Å². The lowest BCUT2D eigenvalue weighted by atomic mass is 10.1. The Balaban J connectivity index is 1.84. The normalized spacial score (nSPS) is 11.6. The van der Waals surface area contributed by atoms with Gasteiger partial charge in [-0.15, -0.1) is 0 Å². The van der Waals surface area contributed by atoms with Crippen LogP contribution in [0, 0.1) is 0 Å². The molecule has 0 N–H and O–H groups in total. The number of halogens is 3. The largest absolute Gasteiger partial charge is 0.391 e. The van der Waals surface area contributed by atoms with Gasteiger partial charge in [-0.25, -0.2) is 9.67 Å². The molecule has 3 rings (SSSR count). The minimum absolute atomic E-state index is 0.143. The van der Waals surface area contributed by atoms with Gasteiger partial charge in [-0.1, -0.05) is 64.2 Å². The zero-order chi connectivity index (χ0) is 17.6. The SMILES string of the molecule is Clc1ccccc1C(Cn1cncn1)=NOCc1c(Cl)cccc1Cl. The molecule has 1 heterocycles. The molecule has 0 aliphatic carbocycles. The first-order chi connectivity index (χ1) is 12.1. The molecule has 0 aliphatic rings. The highest BCUT2D eigenvalue weighted by Gasteiger charge is 2.11. The Morgan fingerprint density at radius 2 is 1.72 bits per heavy atom. The summed E-state index contributed by atoms with van der Waals surface area (Å²) < 4.78 is 1.63. The predicted molar refractivity (Wildman–Crippen MR) is 99.3 cm³/mol. The van der Waals surface area contributed by atoms with Crippen molar-refractivity contribution in [2.75, 3.05) is 0 Å². The number of aromatic nitrogens is 3. The Labute approximate surface area is 159 Å². The maximum absolute atomic E-state index is 6.28. The average molecular weight is 396 g/mol. The standard InChI is InChI=1S/C17H13Cl3N4O/c18-14-5-2-1-4-12(14)17(8-24-11-21-10-22-24)23-25-9-13-15(19)6-3-7-16(13)20/h1-7,10-11H,8-9H2. The third-order valence-corrected chi connectivity index (χ3v) is 4.45. The molecule has 25 heavy (non-hydrogen) atoms. The Bertz CT molecular complexity index is 861. The molecule has 0 unspecified atom stereocenters. The number of oxime groups is 1. The lowest BCUT2D eigenvalue weighted by Gasteiger charge is -2.10. The van der Waals surface area contributed by atoms with Crippen LogP contribution in [-0.2, 0) is 18.0 Å². The molecule has 0 radical (unpaired) electrons. The van der Waals surface area contributed by atoms with Crippen LogP contribution in [0.5, 0.6) is 0 Å². The van der Waals surface area contributed by atoms with Gasteiger partial charge in [0.2, 0.25) is 0 Å². The number of rotatable bonds is 6. The van der Waals surface area contributed by atoms with Crippen molar-refractivity contribution in [1.82, 2.24) is 14.8 Å². The van der Waals surface area contributed by atoms with Crippen LogP contribution in [0.1, 0.15) is 11.1 Å². The lowest BCUT2D eigenvalue weighted by Crippen LogP contribution is -2.13. The molecule has 0 bridgehead atoms. The van der Waals surface area contributed by atoms with Gasteiger partial charge in [-0.05, 0) is 18.2 Å². The number of nitrogens with zero attached hydrogens (tertiary/aromatic N) is 4. The quantitative estimate of drug-likeness (QED) is 0.442. The third-order valence-electron chi connectivity index (χ3n) is 3.41. The molecule has 2 aromatic carbocycles. The second-order valence-electron chi connectivity index (χ2n) is 5.08. The van der Waals surface area contributed by atoms with Crippen LogP contribution in [0.4, 0.5) is 0 Å². The maximum atomic E-state index is 6.28. The van der Waals surface area contributed by atoms with Gasteiger partial charge in [0.1, 0.15) is 25.0 Å². The topological polar surface area (TPSA) is 52.3 Å². The molecule has 0 saturated heterocycles. The summed E-state index contributed by atoms with van der Waals surface area (Å²) in [6, 6.07) is 12.7. The van der Waals surface area contributed by atoms with Crippen LogP contribution in [0.25, 0.3) is 0 Å². The lowest BCUT2D eigenvalue weighted by molar-refractivity contribution is 0.130. The first-order valence-electron chi connectivity index (χ1n) is 7.34. The minimum Gasteiger partial charge on any atom is -0.391 e. The van der Waals surface area contributed by atoms with Gasteiger partial charge >= 0.3 is 0 Å². The molecule has 5 nitrogen and oxygen atoms in total. The Morgan fingerprint density at radius 3 is 2.40 bits per heavy atom. The van der Waals surface area contributed by atoms with Crippen molar-refractivity contribution in [2.45, 2.75) is 13.2 Å². The fourth-order valence-corrected chi connectivity index (χ4v) is 2.92. The summed E-state index contributed by atoms with van der Waals surface area (Å²) in [5, 5.41) is 9.95. The molecule has 0 atom stereocenters. The Morgan fingerprint density at radius 1 is 1.00 bits per heavy atom. The first kappa shape index (κ1) is 17.7. The van der Waals surface area contributed by atoms with E-state index >= 15 is 0 Å². The molecule has 0 fully saturated rings. The van der Waals surface area contributed by atoms with Gasteiger partial charge in [0.05, 0.1) is 6.54 Å². The molecule has 0 saturated carbocycles. The molecule has 128 valence electrons. The van der Waals surface area contributed by atoms with Gasteiger partial charge < -0.3 is 4.84 Å². The van der Waals surface area contributed by atoms with E-state index in [-0.39, 0.29) is 6.61 Å². The summed E-state index contributed by atoms with van der Waals surface area (Å²) in [5.74, 6) is 0. The monoisotopic (exact) mass is 394 g/mol. The smallest absolute Gasteiger partial charge is 0.145 e. The Kier molecular flexibility index (Phi) is 5.91. The molecule has 3 aromatic rings. The molecule has 1 aromatic heterocycles. The van der Waals surface area contributed by atoms with Crippen LogP contribution in [0.2, 0.25) is 15.1 Å². The molecular weight excluding hydrogens is 383 g/mol. The Hall–Kier alpha value is -2.08. The van der Waals surface area contributed by atoms with Crippen molar-refractivity contribution in [3.8, 4) is 0 Å². The van der Waals surface area contributed by atoms with E-state index in [4.69, 9.17) is 39.6 Å². The fraction of sp³-hybridized carbons (Fsp3) is 0.118. The highest BCUT2D eigenvalue weighted by Crippen LogP contribution is 2.25. The zero-order valence-electron chi connectivity index (χ0n) is 12.9. The highest BCUT2D eigenvalue weighted by molar-refractivity contribution is 6.36. The number of hydrogen-bond donors (Lipinski definition) is 0. The van der Waals surface area contributed by atoms with E-state index in [1.165, 1.54) is 6.33 Å². The number of benzene rings is 2. The predicted octanol–water partition coefficient (Wildman–Crippen LogP) is 4.86. The van der Waals surface area contributed by atoms with E-state index in [0.29, 0.717) is 32.9 Å². The van der Waals surface area contributed by atoms with Gasteiger partial charge in [0.25, 0.3) is 0 Å². The van der Waals surface area contributed by atoms with Crippen molar-refractivity contribution >= 4 is 40.5 Å². The van der Waals surface area contributed by atoms with E-state index in [1.807, 2.05) is 18.2 Å². The van der Waals surface area contributed by atoms with Crippen LogP contribution >= 0.6 is 34.8 Å². The van der Waals surface area contributed by atoms with E-state index in [0.717, 1.165) is 5.56 Å². The van der Waals surface area contributed by atoms with Crippen molar-refractivity contribution in [3.63, 3.8) is 0 Å². The summed E-state index contributed by atoms with van der Waals surface area (Å²) in [6.45, 7) is 0.504. The van der Waals surface area contributed by atoms with Gasteiger partial charge in [0.15, 0.2) is 0 Å². The van der Waals surface area contributed by atoms with E-state index in [2.05, 4.69) is 15.2 Å². The van der Waals surface area contributed by atoms with Gasteiger partial charge in [-0.3, -0.25) is 0 Å². The molecule has 8 heteroatoms. The van der Waals surface area contributed by atoms with Crippen molar-refractivity contribution < 1.29 is 4.84 Å². The third kappa shape index (κ3) is 4.51. The van der Waals surface area contributed by atoms with Gasteiger partial charge in [-0.2, -0.15) is 5.10 Å². The van der Waals surface area contributed by atoms with E-state index in [9.17, 15) is 0 Å². The van der Waals surface area contributed by atoms with E-state index < -0.39 is 0 Å². The average Bonchev–Trinajstić information content (AvgIpc) is 3.10. The first-order valence-corrected chi connectivity index (χ1v) is 8.47. The summed E-state index contributed by atoms with van der Waals surface area (Å²) in [6.07, 6.45) is 3.05. The summed E-state index contributed by atoms with van der Waals surface area (Å²) in [7, 11) is 0. The maximum Gasteiger partial charge on any atom is 0.145 e. The fourth-order valence-electron chi connectivity index (χ4n) is 2.17. The minimum atomic E-state index is 0.143. The number of hydrogen-bond acceptors (Lipinski definition) is 4. The van der Waals surface area contributed by atoms with E-state index in [1.54, 1.807) is 35.3 Å². The zero-order valence-corrected chi connectivity index (χ0v) is 15.2. The highest BCUT2D eigenvalue weighted by atomic mass is 35.5. The van der Waals surface area contributed by atoms with Crippen molar-refractivity contribution in [1.29, 1.82) is 0 Å². The summed E-state index contributed by atoms with van der Waals surface area (Å²) in [4.78, 5) is 9.43. The molecule has 0 spiro atoms. The van der Waals surface area contributed by atoms with Crippen molar-refractivity contribution in [2.24, 2.45) is 5.16 Å². The summed E-state index contributed by atoms with van der Waals surface area (Å²) in [5.41, 5.74) is 2.04. The summed E-state index contributed by atoms with van der Waals surface area (Å²) >= 11 is 18.6. The van der Waals surface area contributed by atoms with Crippen LogP contribution in [0.15, 0.2) is 60.3 Å². The van der Waals surface area contributed by atoms with Gasteiger partial charge in [0, 0.05) is 26.2 Å².